The van der Waals surface area contributed by atoms with Crippen molar-refractivity contribution in [3.05, 3.63) is 42.6 Å². The van der Waals surface area contributed by atoms with Crippen molar-refractivity contribution in [2.24, 2.45) is 4.99 Å². The van der Waals surface area contributed by atoms with Gasteiger partial charge in [-0.2, -0.15) is 0 Å². The zero-order valence-electron chi connectivity index (χ0n) is 11.8. The van der Waals surface area contributed by atoms with Gasteiger partial charge in [0.05, 0.1) is 12.0 Å². The monoisotopic (exact) mass is 270 g/mol. The van der Waals surface area contributed by atoms with Gasteiger partial charge in [0, 0.05) is 19.8 Å². The minimum absolute atomic E-state index is 0.705. The summed E-state index contributed by atoms with van der Waals surface area (Å²) in [5.41, 5.74) is 0.976. The maximum absolute atomic E-state index is 5.72. The Hall–Kier alpha value is -2.56. The number of aliphatic imine (C=N–C) groups is 1. The number of aromatic nitrogens is 1. The summed E-state index contributed by atoms with van der Waals surface area (Å²) in [6.45, 7) is 1.92. The first-order valence-electron chi connectivity index (χ1n) is 6.33. The second-order valence-electron chi connectivity index (χ2n) is 4.19. The minimum Gasteiger partial charge on any atom is -0.456 e. The summed E-state index contributed by atoms with van der Waals surface area (Å²) in [5, 5.41) is 6.13. The average molecular weight is 270 g/mol. The molecule has 1 aromatic carbocycles. The van der Waals surface area contributed by atoms with Crippen LogP contribution >= 0.6 is 0 Å². The van der Waals surface area contributed by atoms with Crippen LogP contribution in [0, 0.1) is 0 Å². The predicted octanol–water partition coefficient (Wildman–Crippen LogP) is 3.38. The van der Waals surface area contributed by atoms with Gasteiger partial charge in [0.15, 0.2) is 0 Å². The third-order valence-electron chi connectivity index (χ3n) is 2.74. The van der Waals surface area contributed by atoms with Gasteiger partial charge in [-0.05, 0) is 43.3 Å². The predicted molar refractivity (Wildman–Crippen MR) is 83.0 cm³/mol. The summed E-state index contributed by atoms with van der Waals surface area (Å²) in [6, 6.07) is 11.4. The Morgan fingerprint density at radius 3 is 2.35 bits per heavy atom. The van der Waals surface area contributed by atoms with Crippen LogP contribution < -0.4 is 15.4 Å². The van der Waals surface area contributed by atoms with Crippen LogP contribution in [0.2, 0.25) is 0 Å². The lowest BCUT2D eigenvalue weighted by Crippen LogP contribution is -2.06. The Kier molecular flexibility index (Phi) is 4.55. The molecular weight excluding hydrogens is 252 g/mol. The van der Waals surface area contributed by atoms with Gasteiger partial charge in [-0.1, -0.05) is 0 Å². The van der Waals surface area contributed by atoms with Crippen molar-refractivity contribution in [3.63, 3.8) is 0 Å². The fourth-order valence-electron chi connectivity index (χ4n) is 1.60. The van der Waals surface area contributed by atoms with Crippen molar-refractivity contribution in [2.75, 3.05) is 24.7 Å². The van der Waals surface area contributed by atoms with Gasteiger partial charge in [-0.25, -0.2) is 4.98 Å². The number of amidine groups is 1. The Labute approximate surface area is 118 Å². The smallest absolute Gasteiger partial charge is 0.145 e. The fraction of sp³-hybridized carbons (Fsp3) is 0.200. The standard InChI is InChI=1S/C15H18N4O/c1-11(16-2)19-12-4-6-13(7-5-12)20-14-8-9-15(17-3)18-10-14/h4-10H,1-3H3,(H,16,19)(H,17,18). The summed E-state index contributed by atoms with van der Waals surface area (Å²) in [5.74, 6) is 3.15. The van der Waals surface area contributed by atoms with Crippen molar-refractivity contribution >= 4 is 17.3 Å². The van der Waals surface area contributed by atoms with E-state index in [9.17, 15) is 0 Å². The average Bonchev–Trinajstić information content (AvgIpc) is 2.50. The highest BCUT2D eigenvalue weighted by atomic mass is 16.5. The van der Waals surface area contributed by atoms with Gasteiger partial charge in [-0.15, -0.1) is 0 Å². The second kappa shape index (κ2) is 6.56. The van der Waals surface area contributed by atoms with E-state index in [1.807, 2.05) is 50.4 Å². The highest BCUT2D eigenvalue weighted by Gasteiger charge is 1.99. The molecular formula is C15H18N4O. The third-order valence-corrected chi connectivity index (χ3v) is 2.74. The van der Waals surface area contributed by atoms with Crippen molar-refractivity contribution < 1.29 is 4.74 Å². The highest BCUT2D eigenvalue weighted by molar-refractivity contribution is 5.93. The van der Waals surface area contributed by atoms with Gasteiger partial charge < -0.3 is 15.4 Å². The number of ether oxygens (including phenoxy) is 1. The minimum atomic E-state index is 0.705. The van der Waals surface area contributed by atoms with Crippen LogP contribution in [0.3, 0.4) is 0 Å². The van der Waals surface area contributed by atoms with E-state index < -0.39 is 0 Å². The number of hydrogen-bond donors (Lipinski definition) is 2. The van der Waals surface area contributed by atoms with Crippen LogP contribution in [0.5, 0.6) is 11.5 Å². The van der Waals surface area contributed by atoms with Gasteiger partial charge in [0.2, 0.25) is 0 Å². The van der Waals surface area contributed by atoms with Crippen molar-refractivity contribution in [1.29, 1.82) is 0 Å². The number of nitrogens with zero attached hydrogens (tertiary/aromatic N) is 2. The lowest BCUT2D eigenvalue weighted by molar-refractivity contribution is 0.480. The van der Waals surface area contributed by atoms with E-state index in [-0.39, 0.29) is 0 Å². The molecule has 104 valence electrons. The number of benzene rings is 1. The summed E-state index contributed by atoms with van der Waals surface area (Å²) in [7, 11) is 3.58. The van der Waals surface area contributed by atoms with E-state index in [0.29, 0.717) is 5.75 Å². The number of anilines is 2. The molecule has 1 aromatic heterocycles. The molecule has 0 bridgehead atoms. The summed E-state index contributed by atoms with van der Waals surface area (Å²) in [4.78, 5) is 8.25. The van der Waals surface area contributed by atoms with E-state index in [0.717, 1.165) is 23.1 Å². The zero-order valence-corrected chi connectivity index (χ0v) is 11.8. The molecule has 0 aliphatic carbocycles. The highest BCUT2D eigenvalue weighted by Crippen LogP contribution is 2.23. The number of pyridine rings is 1. The first-order chi connectivity index (χ1) is 9.71. The Bertz CT molecular complexity index is 576. The van der Waals surface area contributed by atoms with Crippen LogP contribution in [0.4, 0.5) is 11.5 Å². The zero-order chi connectivity index (χ0) is 14.4. The Morgan fingerprint density at radius 1 is 1.10 bits per heavy atom. The molecule has 2 aromatic rings. The molecule has 0 aliphatic heterocycles. The van der Waals surface area contributed by atoms with Crippen molar-refractivity contribution in [3.8, 4) is 11.5 Å². The van der Waals surface area contributed by atoms with Crippen LogP contribution in [0.15, 0.2) is 47.6 Å². The lowest BCUT2D eigenvalue weighted by Gasteiger charge is -2.08. The fourth-order valence-corrected chi connectivity index (χ4v) is 1.60. The van der Waals surface area contributed by atoms with E-state index in [2.05, 4.69) is 20.6 Å². The molecule has 2 rings (SSSR count). The molecule has 1 heterocycles. The molecule has 0 radical (unpaired) electrons. The van der Waals surface area contributed by atoms with Crippen molar-refractivity contribution in [1.82, 2.24) is 4.98 Å². The third kappa shape index (κ3) is 3.71. The van der Waals surface area contributed by atoms with Crippen LogP contribution in [0.1, 0.15) is 6.92 Å². The molecule has 0 atom stereocenters. The Morgan fingerprint density at radius 2 is 1.80 bits per heavy atom. The molecule has 0 amide bonds. The van der Waals surface area contributed by atoms with Crippen molar-refractivity contribution in [2.45, 2.75) is 6.92 Å². The Balaban J connectivity index is 2.02. The number of rotatable bonds is 4. The molecule has 0 fully saturated rings. The molecule has 20 heavy (non-hydrogen) atoms. The van der Waals surface area contributed by atoms with Crippen LogP contribution in [-0.2, 0) is 0 Å². The van der Waals surface area contributed by atoms with Gasteiger partial charge in [0.1, 0.15) is 17.3 Å². The van der Waals surface area contributed by atoms with E-state index >= 15 is 0 Å². The summed E-state index contributed by atoms with van der Waals surface area (Å²) in [6.07, 6.45) is 1.69. The van der Waals surface area contributed by atoms with E-state index in [1.165, 1.54) is 0 Å². The number of nitrogens with one attached hydrogen (secondary N) is 2. The lowest BCUT2D eigenvalue weighted by atomic mass is 10.3. The SMILES string of the molecule is CN=C(C)Nc1ccc(Oc2ccc(NC)nc2)cc1. The molecule has 5 nitrogen and oxygen atoms in total. The van der Waals surface area contributed by atoms with Gasteiger partial charge in [-0.3, -0.25) is 4.99 Å². The molecule has 0 spiro atoms. The summed E-state index contributed by atoms with van der Waals surface area (Å²) >= 11 is 0. The quantitative estimate of drug-likeness (QED) is 0.660. The van der Waals surface area contributed by atoms with E-state index in [4.69, 9.17) is 4.74 Å². The normalized spacial score (nSPS) is 11.1. The first kappa shape index (κ1) is 13.9. The number of hydrogen-bond acceptors (Lipinski definition) is 4. The van der Waals surface area contributed by atoms with Gasteiger partial charge >= 0.3 is 0 Å². The van der Waals surface area contributed by atoms with Crippen LogP contribution in [-0.4, -0.2) is 24.9 Å². The molecule has 0 saturated heterocycles. The maximum atomic E-state index is 5.72. The molecule has 0 saturated carbocycles. The molecule has 0 aliphatic rings. The van der Waals surface area contributed by atoms with E-state index in [1.54, 1.807) is 13.2 Å². The topological polar surface area (TPSA) is 58.5 Å². The molecule has 0 unspecified atom stereocenters. The van der Waals surface area contributed by atoms with Crippen LogP contribution in [0.25, 0.3) is 0 Å². The maximum Gasteiger partial charge on any atom is 0.145 e. The molecule has 5 heteroatoms. The largest absolute Gasteiger partial charge is 0.456 e. The summed E-state index contributed by atoms with van der Waals surface area (Å²) < 4.78 is 5.72. The van der Waals surface area contributed by atoms with Gasteiger partial charge in [0.25, 0.3) is 0 Å². The first-order valence-corrected chi connectivity index (χ1v) is 6.33. The molecule has 2 N–H and O–H groups in total. The second-order valence-corrected chi connectivity index (χ2v) is 4.19.